The highest BCUT2D eigenvalue weighted by atomic mass is 79.9. The second-order valence-electron chi connectivity index (χ2n) is 4.98. The Kier molecular flexibility index (Phi) is 5.65. The van der Waals surface area contributed by atoms with Crippen molar-refractivity contribution in [2.45, 2.75) is 30.5 Å². The second-order valence-corrected chi connectivity index (χ2v) is 5.83. The van der Waals surface area contributed by atoms with Crippen molar-refractivity contribution in [3.05, 3.63) is 22.2 Å². The van der Waals surface area contributed by atoms with E-state index >= 15 is 0 Å². The summed E-state index contributed by atoms with van der Waals surface area (Å²) in [7, 11) is 2.96. The van der Waals surface area contributed by atoms with Crippen molar-refractivity contribution in [2.24, 2.45) is 0 Å². The highest BCUT2D eigenvalue weighted by Crippen LogP contribution is 2.41. The Morgan fingerprint density at radius 3 is 2.23 bits per heavy atom. The van der Waals surface area contributed by atoms with Gasteiger partial charge in [0.15, 0.2) is 0 Å². The van der Waals surface area contributed by atoms with Crippen LogP contribution >= 0.6 is 15.9 Å². The fourth-order valence-corrected chi connectivity index (χ4v) is 2.99. The molecule has 0 aliphatic carbocycles. The molecule has 124 valence electrons. The molecule has 1 aliphatic heterocycles. The molecule has 1 fully saturated rings. The molecule has 0 spiro atoms. The molecule has 0 unspecified atom stereocenters. The molecule has 1 aliphatic rings. The second kappa shape index (κ2) is 7.12. The first-order valence-electron chi connectivity index (χ1n) is 6.66. The summed E-state index contributed by atoms with van der Waals surface area (Å²) in [6.07, 6.45) is -6.15. The van der Waals surface area contributed by atoms with Crippen molar-refractivity contribution < 1.29 is 34.6 Å². The van der Waals surface area contributed by atoms with Gasteiger partial charge in [0, 0.05) is 11.6 Å². The number of hydrogen-bond donors (Lipinski definition) is 4. The van der Waals surface area contributed by atoms with Crippen molar-refractivity contribution in [3.63, 3.8) is 0 Å². The van der Waals surface area contributed by atoms with Gasteiger partial charge >= 0.3 is 0 Å². The molecular formula is C14H19BrO7. The monoisotopic (exact) mass is 378 g/mol. The van der Waals surface area contributed by atoms with Gasteiger partial charge in [-0.3, -0.25) is 0 Å². The van der Waals surface area contributed by atoms with Gasteiger partial charge in [-0.05, 0) is 22.0 Å². The van der Waals surface area contributed by atoms with Crippen LogP contribution in [0, 0.1) is 0 Å². The van der Waals surface area contributed by atoms with Gasteiger partial charge in [-0.1, -0.05) is 0 Å². The number of aliphatic hydroxyl groups excluding tert-OH is 4. The van der Waals surface area contributed by atoms with Crippen LogP contribution in [0.5, 0.6) is 11.5 Å². The average Bonchev–Trinajstić information content (AvgIpc) is 2.53. The minimum atomic E-state index is -1.44. The summed E-state index contributed by atoms with van der Waals surface area (Å²) in [4.78, 5) is 0. The number of ether oxygens (including phenoxy) is 3. The van der Waals surface area contributed by atoms with E-state index in [1.54, 1.807) is 12.1 Å². The van der Waals surface area contributed by atoms with E-state index < -0.39 is 37.1 Å². The Morgan fingerprint density at radius 2 is 1.68 bits per heavy atom. The minimum absolute atomic E-state index is 0.393. The average molecular weight is 379 g/mol. The van der Waals surface area contributed by atoms with Gasteiger partial charge in [-0.2, -0.15) is 0 Å². The predicted molar refractivity (Wildman–Crippen MR) is 80.0 cm³/mol. The van der Waals surface area contributed by atoms with E-state index in [0.717, 1.165) is 0 Å². The molecule has 0 radical (unpaired) electrons. The van der Waals surface area contributed by atoms with E-state index in [2.05, 4.69) is 15.9 Å². The fraction of sp³-hybridized carbons (Fsp3) is 0.571. The lowest BCUT2D eigenvalue weighted by Gasteiger charge is -2.40. The molecule has 1 saturated heterocycles. The van der Waals surface area contributed by atoms with Crippen LogP contribution in [-0.4, -0.2) is 65.7 Å². The topological polar surface area (TPSA) is 109 Å². The third-order valence-electron chi connectivity index (χ3n) is 3.70. The highest BCUT2D eigenvalue weighted by Gasteiger charge is 2.45. The maximum absolute atomic E-state index is 10.2. The standard InChI is InChI=1S/C14H19BrO7/c1-20-8-4-9(21-2)7(15)3-6(8)14-13(19)12(18)11(17)10(5-16)22-14/h3-4,10-14,16-19H,5H2,1-2H3/t10-,11-,12+,13-,14+/m1/s1. The molecular weight excluding hydrogens is 360 g/mol. The summed E-state index contributed by atoms with van der Waals surface area (Å²) in [6.45, 7) is -0.485. The largest absolute Gasteiger partial charge is 0.496 e. The van der Waals surface area contributed by atoms with Crippen LogP contribution in [0.15, 0.2) is 16.6 Å². The van der Waals surface area contributed by atoms with Gasteiger partial charge in [-0.25, -0.2) is 0 Å². The Hall–Kier alpha value is -0.900. The van der Waals surface area contributed by atoms with Crippen molar-refractivity contribution >= 4 is 15.9 Å². The van der Waals surface area contributed by atoms with Crippen LogP contribution < -0.4 is 9.47 Å². The van der Waals surface area contributed by atoms with Crippen molar-refractivity contribution in [2.75, 3.05) is 20.8 Å². The SMILES string of the molecule is COc1cc(OC)c([C@@H]2O[C@H](CO)[C@@H](O)[C@H](O)[C@H]2O)cc1Br. The zero-order chi connectivity index (χ0) is 16.4. The van der Waals surface area contributed by atoms with E-state index in [0.29, 0.717) is 21.5 Å². The number of rotatable bonds is 4. The molecule has 8 heteroatoms. The van der Waals surface area contributed by atoms with Crippen molar-refractivity contribution in [1.29, 1.82) is 0 Å². The quantitative estimate of drug-likeness (QED) is 0.582. The third kappa shape index (κ3) is 3.08. The predicted octanol–water partition coefficient (Wildman–Crippen LogP) is -0.0188. The fourth-order valence-electron chi connectivity index (χ4n) is 2.46. The molecule has 1 heterocycles. The maximum Gasteiger partial charge on any atom is 0.136 e. The zero-order valence-corrected chi connectivity index (χ0v) is 13.7. The molecule has 1 aromatic carbocycles. The van der Waals surface area contributed by atoms with Gasteiger partial charge in [0.2, 0.25) is 0 Å². The van der Waals surface area contributed by atoms with Gasteiger partial charge in [0.05, 0.1) is 25.3 Å². The van der Waals surface area contributed by atoms with Crippen LogP contribution in [0.1, 0.15) is 11.7 Å². The summed E-state index contributed by atoms with van der Waals surface area (Å²) in [5, 5.41) is 39.2. The molecule has 5 atom stereocenters. The summed E-state index contributed by atoms with van der Waals surface area (Å²) in [6, 6.07) is 3.26. The van der Waals surface area contributed by atoms with Gasteiger partial charge in [0.25, 0.3) is 0 Å². The lowest BCUT2D eigenvalue weighted by Crippen LogP contribution is -2.55. The van der Waals surface area contributed by atoms with Gasteiger partial charge in [-0.15, -0.1) is 0 Å². The van der Waals surface area contributed by atoms with Crippen molar-refractivity contribution in [1.82, 2.24) is 0 Å². The lowest BCUT2D eigenvalue weighted by atomic mass is 9.91. The first kappa shape index (κ1) is 17.5. The van der Waals surface area contributed by atoms with E-state index in [4.69, 9.17) is 14.2 Å². The number of hydrogen-bond acceptors (Lipinski definition) is 7. The molecule has 4 N–H and O–H groups in total. The number of aliphatic hydroxyl groups is 4. The van der Waals surface area contributed by atoms with Gasteiger partial charge < -0.3 is 34.6 Å². The van der Waals surface area contributed by atoms with E-state index in [-0.39, 0.29) is 0 Å². The molecule has 2 rings (SSSR count). The molecule has 22 heavy (non-hydrogen) atoms. The van der Waals surface area contributed by atoms with E-state index in [1.165, 1.54) is 14.2 Å². The zero-order valence-electron chi connectivity index (χ0n) is 12.1. The summed E-state index contributed by atoms with van der Waals surface area (Å²) < 4.78 is 16.6. The molecule has 7 nitrogen and oxygen atoms in total. The number of benzene rings is 1. The number of halogens is 1. The van der Waals surface area contributed by atoms with E-state index in [9.17, 15) is 20.4 Å². The normalized spacial score (nSPS) is 31.9. The third-order valence-corrected chi connectivity index (χ3v) is 4.32. The van der Waals surface area contributed by atoms with Crippen LogP contribution in [0.4, 0.5) is 0 Å². The first-order chi connectivity index (χ1) is 10.4. The molecule has 0 saturated carbocycles. The molecule has 0 bridgehead atoms. The van der Waals surface area contributed by atoms with Crippen LogP contribution in [0.2, 0.25) is 0 Å². The van der Waals surface area contributed by atoms with Crippen LogP contribution in [-0.2, 0) is 4.74 Å². The summed E-state index contributed by atoms with van der Waals surface area (Å²) >= 11 is 3.34. The number of methoxy groups -OCH3 is 2. The highest BCUT2D eigenvalue weighted by molar-refractivity contribution is 9.10. The smallest absolute Gasteiger partial charge is 0.136 e. The Bertz CT molecular complexity index is 522. The van der Waals surface area contributed by atoms with E-state index in [1.807, 2.05) is 0 Å². The lowest BCUT2D eigenvalue weighted by molar-refractivity contribution is -0.232. The molecule has 0 aromatic heterocycles. The van der Waals surface area contributed by atoms with Crippen molar-refractivity contribution in [3.8, 4) is 11.5 Å². The maximum atomic E-state index is 10.2. The minimum Gasteiger partial charge on any atom is -0.496 e. The summed E-state index contributed by atoms with van der Waals surface area (Å²) in [5.41, 5.74) is 0.465. The van der Waals surface area contributed by atoms with Gasteiger partial charge in [0.1, 0.15) is 42.0 Å². The Labute approximate surface area is 136 Å². The van der Waals surface area contributed by atoms with Crippen LogP contribution in [0.3, 0.4) is 0 Å². The Balaban J connectivity index is 2.43. The molecule has 1 aromatic rings. The Morgan fingerprint density at radius 1 is 1.05 bits per heavy atom. The summed E-state index contributed by atoms with van der Waals surface area (Å²) in [5.74, 6) is 0.926. The first-order valence-corrected chi connectivity index (χ1v) is 7.45. The molecule has 0 amide bonds. The van der Waals surface area contributed by atoms with Crippen LogP contribution in [0.25, 0.3) is 0 Å².